The lowest BCUT2D eigenvalue weighted by molar-refractivity contribution is 0.0951. The van der Waals surface area contributed by atoms with Crippen molar-refractivity contribution in [2.75, 3.05) is 5.32 Å². The van der Waals surface area contributed by atoms with E-state index in [-0.39, 0.29) is 5.91 Å². The molecule has 0 unspecified atom stereocenters. The number of carbonyl (C=O) groups excluding carboxylic acids is 1. The lowest BCUT2D eigenvalue weighted by Crippen LogP contribution is -2.25. The van der Waals surface area contributed by atoms with Crippen LogP contribution in [-0.2, 0) is 6.54 Å². The monoisotopic (exact) mass is 286 g/mol. The molecule has 3 nitrogen and oxygen atoms in total. The topological polar surface area (TPSA) is 41.1 Å². The van der Waals surface area contributed by atoms with Gasteiger partial charge in [-0.1, -0.05) is 0 Å². The SMILES string of the molecule is Cc1ccsc1CNc1ccc(C(=O)NC2CC2)cc1. The van der Waals surface area contributed by atoms with E-state index in [0.717, 1.165) is 30.6 Å². The number of aryl methyl sites for hydroxylation is 1. The van der Waals surface area contributed by atoms with E-state index in [1.165, 1.54) is 10.4 Å². The molecule has 1 aromatic carbocycles. The number of carbonyl (C=O) groups is 1. The second-order valence-corrected chi connectivity index (χ2v) is 6.21. The van der Waals surface area contributed by atoms with Crippen LogP contribution in [0.3, 0.4) is 0 Å². The molecule has 4 heteroatoms. The van der Waals surface area contributed by atoms with Crippen LogP contribution in [0.5, 0.6) is 0 Å². The Bertz CT molecular complexity index is 599. The van der Waals surface area contributed by atoms with Gasteiger partial charge in [-0.05, 0) is 61.0 Å². The van der Waals surface area contributed by atoms with Crippen molar-refractivity contribution in [1.82, 2.24) is 5.32 Å². The molecule has 0 spiro atoms. The second kappa shape index (κ2) is 5.67. The van der Waals surface area contributed by atoms with Gasteiger partial charge < -0.3 is 10.6 Å². The Morgan fingerprint density at radius 2 is 2.00 bits per heavy atom. The van der Waals surface area contributed by atoms with Gasteiger partial charge in [-0.25, -0.2) is 0 Å². The highest BCUT2D eigenvalue weighted by molar-refractivity contribution is 7.10. The molecule has 104 valence electrons. The Kier molecular flexibility index (Phi) is 3.74. The maximum absolute atomic E-state index is 11.9. The zero-order chi connectivity index (χ0) is 13.9. The third-order valence-corrected chi connectivity index (χ3v) is 4.50. The first-order valence-electron chi connectivity index (χ1n) is 6.90. The van der Waals surface area contributed by atoms with Gasteiger partial charge in [0, 0.05) is 28.7 Å². The van der Waals surface area contributed by atoms with E-state index in [4.69, 9.17) is 0 Å². The predicted octanol–water partition coefficient (Wildman–Crippen LogP) is 3.56. The summed E-state index contributed by atoms with van der Waals surface area (Å²) in [6.45, 7) is 2.95. The number of hydrogen-bond donors (Lipinski definition) is 2. The highest BCUT2D eigenvalue weighted by atomic mass is 32.1. The van der Waals surface area contributed by atoms with Gasteiger partial charge in [-0.2, -0.15) is 0 Å². The van der Waals surface area contributed by atoms with Crippen molar-refractivity contribution < 1.29 is 4.79 Å². The molecule has 0 bridgehead atoms. The Hall–Kier alpha value is -1.81. The summed E-state index contributed by atoms with van der Waals surface area (Å²) < 4.78 is 0. The molecule has 20 heavy (non-hydrogen) atoms. The molecule has 1 aromatic heterocycles. The van der Waals surface area contributed by atoms with Crippen LogP contribution >= 0.6 is 11.3 Å². The molecule has 3 rings (SSSR count). The van der Waals surface area contributed by atoms with E-state index in [1.54, 1.807) is 11.3 Å². The molecule has 0 radical (unpaired) electrons. The Labute approximate surface area is 123 Å². The third-order valence-electron chi connectivity index (χ3n) is 3.48. The zero-order valence-electron chi connectivity index (χ0n) is 11.5. The number of anilines is 1. The van der Waals surface area contributed by atoms with Gasteiger partial charge in [0.25, 0.3) is 5.91 Å². The van der Waals surface area contributed by atoms with Crippen molar-refractivity contribution in [3.05, 3.63) is 51.7 Å². The molecule has 1 saturated carbocycles. The first kappa shape index (κ1) is 13.2. The summed E-state index contributed by atoms with van der Waals surface area (Å²) in [7, 11) is 0. The van der Waals surface area contributed by atoms with Gasteiger partial charge in [0.1, 0.15) is 0 Å². The number of amides is 1. The molecule has 1 heterocycles. The first-order valence-corrected chi connectivity index (χ1v) is 7.78. The Morgan fingerprint density at radius 3 is 2.60 bits per heavy atom. The van der Waals surface area contributed by atoms with Gasteiger partial charge in [0.15, 0.2) is 0 Å². The predicted molar refractivity (Wildman–Crippen MR) is 83.3 cm³/mol. The molecular formula is C16H18N2OS. The summed E-state index contributed by atoms with van der Waals surface area (Å²) in [4.78, 5) is 13.2. The van der Waals surface area contributed by atoms with E-state index in [0.29, 0.717) is 6.04 Å². The van der Waals surface area contributed by atoms with Crippen molar-refractivity contribution in [2.45, 2.75) is 32.4 Å². The summed E-state index contributed by atoms with van der Waals surface area (Å²) in [6.07, 6.45) is 2.23. The van der Waals surface area contributed by atoms with E-state index in [1.807, 2.05) is 24.3 Å². The lowest BCUT2D eigenvalue weighted by atomic mass is 10.2. The number of rotatable bonds is 5. The molecule has 0 aliphatic heterocycles. The smallest absolute Gasteiger partial charge is 0.251 e. The number of thiophene rings is 1. The number of benzene rings is 1. The highest BCUT2D eigenvalue weighted by Gasteiger charge is 2.23. The quantitative estimate of drug-likeness (QED) is 0.882. The van der Waals surface area contributed by atoms with E-state index >= 15 is 0 Å². The molecule has 2 aromatic rings. The highest BCUT2D eigenvalue weighted by Crippen LogP contribution is 2.20. The summed E-state index contributed by atoms with van der Waals surface area (Å²) in [5, 5.41) is 8.49. The van der Waals surface area contributed by atoms with Crippen LogP contribution in [0, 0.1) is 6.92 Å². The van der Waals surface area contributed by atoms with Crippen LogP contribution in [0.15, 0.2) is 35.7 Å². The standard InChI is InChI=1S/C16H18N2OS/c1-11-8-9-20-15(11)10-17-13-4-2-12(3-5-13)16(19)18-14-6-7-14/h2-5,8-9,14,17H,6-7,10H2,1H3,(H,18,19). The lowest BCUT2D eigenvalue weighted by Gasteiger charge is -2.07. The second-order valence-electron chi connectivity index (χ2n) is 5.21. The van der Waals surface area contributed by atoms with Gasteiger partial charge in [0.05, 0.1) is 0 Å². The summed E-state index contributed by atoms with van der Waals surface area (Å²) in [6, 6.07) is 10.2. The fourth-order valence-electron chi connectivity index (χ4n) is 2.00. The molecule has 1 amide bonds. The normalized spacial score (nSPS) is 14.1. The summed E-state index contributed by atoms with van der Waals surface area (Å²) >= 11 is 1.76. The van der Waals surface area contributed by atoms with E-state index < -0.39 is 0 Å². The Morgan fingerprint density at radius 1 is 1.25 bits per heavy atom. The maximum Gasteiger partial charge on any atom is 0.251 e. The first-order chi connectivity index (χ1) is 9.72. The molecular weight excluding hydrogens is 268 g/mol. The molecule has 0 atom stereocenters. The van der Waals surface area contributed by atoms with Crippen molar-refractivity contribution in [3.8, 4) is 0 Å². The molecule has 0 saturated heterocycles. The van der Waals surface area contributed by atoms with Gasteiger partial charge in [0.2, 0.25) is 0 Å². The van der Waals surface area contributed by atoms with Crippen LogP contribution in [-0.4, -0.2) is 11.9 Å². The van der Waals surface area contributed by atoms with Crippen LogP contribution in [0.25, 0.3) is 0 Å². The van der Waals surface area contributed by atoms with E-state index in [2.05, 4.69) is 29.0 Å². The fourth-order valence-corrected chi connectivity index (χ4v) is 2.85. The van der Waals surface area contributed by atoms with Gasteiger partial charge in [-0.3, -0.25) is 4.79 Å². The molecule has 2 N–H and O–H groups in total. The van der Waals surface area contributed by atoms with Gasteiger partial charge in [-0.15, -0.1) is 11.3 Å². The Balaban J connectivity index is 1.58. The zero-order valence-corrected chi connectivity index (χ0v) is 12.3. The van der Waals surface area contributed by atoms with E-state index in [9.17, 15) is 4.79 Å². The molecule has 1 aliphatic carbocycles. The average molecular weight is 286 g/mol. The largest absolute Gasteiger partial charge is 0.380 e. The summed E-state index contributed by atoms with van der Waals surface area (Å²) in [5.41, 5.74) is 3.10. The average Bonchev–Trinajstić information content (AvgIpc) is 3.18. The van der Waals surface area contributed by atoms with Crippen molar-refractivity contribution >= 4 is 22.9 Å². The van der Waals surface area contributed by atoms with Gasteiger partial charge >= 0.3 is 0 Å². The maximum atomic E-state index is 11.9. The van der Waals surface area contributed by atoms with Crippen molar-refractivity contribution in [2.24, 2.45) is 0 Å². The minimum Gasteiger partial charge on any atom is -0.380 e. The van der Waals surface area contributed by atoms with Crippen LogP contribution < -0.4 is 10.6 Å². The van der Waals surface area contributed by atoms with Crippen LogP contribution in [0.4, 0.5) is 5.69 Å². The number of nitrogens with one attached hydrogen (secondary N) is 2. The van der Waals surface area contributed by atoms with Crippen molar-refractivity contribution in [3.63, 3.8) is 0 Å². The van der Waals surface area contributed by atoms with Crippen LogP contribution in [0.1, 0.15) is 33.6 Å². The summed E-state index contributed by atoms with van der Waals surface area (Å²) in [5.74, 6) is 0.0353. The minimum absolute atomic E-state index is 0.0353. The molecule has 1 fully saturated rings. The minimum atomic E-state index is 0.0353. The fraction of sp³-hybridized carbons (Fsp3) is 0.312. The number of hydrogen-bond acceptors (Lipinski definition) is 3. The van der Waals surface area contributed by atoms with Crippen molar-refractivity contribution in [1.29, 1.82) is 0 Å². The molecule has 1 aliphatic rings. The van der Waals surface area contributed by atoms with Crippen LogP contribution in [0.2, 0.25) is 0 Å². The third kappa shape index (κ3) is 3.20.